The lowest BCUT2D eigenvalue weighted by molar-refractivity contribution is 1.08. The van der Waals surface area contributed by atoms with Crippen molar-refractivity contribution in [2.75, 3.05) is 17.7 Å². The van der Waals surface area contributed by atoms with Crippen LogP contribution in [0.1, 0.15) is 5.56 Å². The molecule has 0 saturated heterocycles. The van der Waals surface area contributed by atoms with Gasteiger partial charge in [-0.15, -0.1) is 0 Å². The molecule has 0 aliphatic heterocycles. The molecule has 3 aromatic rings. The second-order valence-corrected chi connectivity index (χ2v) is 4.74. The molecule has 0 aliphatic carbocycles. The maximum atomic E-state index is 4.44. The second-order valence-electron chi connectivity index (χ2n) is 4.74. The Hall–Kier alpha value is -2.82. The van der Waals surface area contributed by atoms with Crippen LogP contribution in [0.25, 0.3) is 5.69 Å². The summed E-state index contributed by atoms with van der Waals surface area (Å²) in [5.41, 5.74) is 3.09. The lowest BCUT2D eigenvalue weighted by Crippen LogP contribution is -2.02. The van der Waals surface area contributed by atoms with Crippen molar-refractivity contribution in [2.45, 2.75) is 6.92 Å². The summed E-state index contributed by atoms with van der Waals surface area (Å²) in [6, 6.07) is 12.2. The third kappa shape index (κ3) is 2.86. The largest absolute Gasteiger partial charge is 0.357 e. The van der Waals surface area contributed by atoms with Crippen LogP contribution in [-0.2, 0) is 0 Å². The topological polar surface area (TPSA) is 54.8 Å². The Morgan fingerprint density at radius 3 is 2.67 bits per heavy atom. The van der Waals surface area contributed by atoms with Crippen LogP contribution in [0.2, 0.25) is 0 Å². The molecule has 0 unspecified atom stereocenters. The maximum absolute atomic E-state index is 4.44. The predicted octanol–water partition coefficient (Wildman–Crippen LogP) is 3.36. The zero-order valence-electron chi connectivity index (χ0n) is 12.0. The van der Waals surface area contributed by atoms with Gasteiger partial charge in [0.2, 0.25) is 5.95 Å². The van der Waals surface area contributed by atoms with Crippen LogP contribution >= 0.6 is 0 Å². The number of benzene rings is 1. The van der Waals surface area contributed by atoms with E-state index in [9.17, 15) is 0 Å². The van der Waals surface area contributed by atoms with Crippen molar-refractivity contribution in [3.8, 4) is 5.69 Å². The van der Waals surface area contributed by atoms with Crippen molar-refractivity contribution in [1.82, 2.24) is 14.5 Å². The number of aromatic nitrogens is 3. The van der Waals surface area contributed by atoms with Gasteiger partial charge in [0, 0.05) is 42.6 Å². The van der Waals surface area contributed by atoms with E-state index in [1.54, 1.807) is 13.2 Å². The number of hydrogen-bond acceptors (Lipinski definition) is 4. The number of hydrogen-bond donors (Lipinski definition) is 2. The van der Waals surface area contributed by atoms with Gasteiger partial charge in [-0.05, 0) is 37.3 Å². The first-order chi connectivity index (χ1) is 10.3. The molecule has 0 saturated carbocycles. The van der Waals surface area contributed by atoms with E-state index in [1.807, 2.05) is 43.6 Å². The average molecular weight is 279 g/mol. The summed E-state index contributed by atoms with van der Waals surface area (Å²) >= 11 is 0. The molecule has 0 bridgehead atoms. The molecule has 0 amide bonds. The van der Waals surface area contributed by atoms with E-state index in [-0.39, 0.29) is 0 Å². The fraction of sp³-hybridized carbons (Fsp3) is 0.125. The molecule has 2 aromatic heterocycles. The number of nitrogens with zero attached hydrogens (tertiary/aromatic N) is 3. The summed E-state index contributed by atoms with van der Waals surface area (Å²) in [6.07, 6.45) is 5.85. The molecule has 5 nitrogen and oxygen atoms in total. The Morgan fingerprint density at radius 1 is 1.10 bits per heavy atom. The number of aryl methyl sites for hydroxylation is 1. The number of rotatable bonds is 4. The van der Waals surface area contributed by atoms with Crippen LogP contribution in [-0.4, -0.2) is 21.6 Å². The van der Waals surface area contributed by atoms with Crippen molar-refractivity contribution in [3.05, 3.63) is 60.6 Å². The highest BCUT2D eigenvalue weighted by Crippen LogP contribution is 2.21. The number of anilines is 3. The maximum Gasteiger partial charge on any atom is 0.224 e. The van der Waals surface area contributed by atoms with Gasteiger partial charge in [0.1, 0.15) is 5.82 Å². The highest BCUT2D eigenvalue weighted by atomic mass is 15.1. The average Bonchev–Trinajstić information content (AvgIpc) is 3.04. The number of nitrogens with one attached hydrogen (secondary N) is 2. The van der Waals surface area contributed by atoms with E-state index < -0.39 is 0 Å². The molecule has 106 valence electrons. The Labute approximate surface area is 123 Å². The Bertz CT molecular complexity index is 734. The fourth-order valence-electron chi connectivity index (χ4n) is 2.08. The molecule has 0 fully saturated rings. The van der Waals surface area contributed by atoms with E-state index in [0.29, 0.717) is 5.95 Å². The Morgan fingerprint density at radius 2 is 1.90 bits per heavy atom. The van der Waals surface area contributed by atoms with Crippen LogP contribution in [0.3, 0.4) is 0 Å². The van der Waals surface area contributed by atoms with Gasteiger partial charge in [-0.2, -0.15) is 4.98 Å². The van der Waals surface area contributed by atoms with Gasteiger partial charge in [0.15, 0.2) is 0 Å². The van der Waals surface area contributed by atoms with E-state index in [2.05, 4.69) is 37.3 Å². The molecule has 2 heterocycles. The van der Waals surface area contributed by atoms with E-state index >= 15 is 0 Å². The minimum absolute atomic E-state index is 0.602. The molecule has 1 aromatic carbocycles. The Kier molecular flexibility index (Phi) is 3.55. The molecule has 0 aliphatic rings. The van der Waals surface area contributed by atoms with E-state index in [0.717, 1.165) is 22.8 Å². The van der Waals surface area contributed by atoms with Gasteiger partial charge >= 0.3 is 0 Å². The van der Waals surface area contributed by atoms with Gasteiger partial charge in [-0.25, -0.2) is 4.98 Å². The van der Waals surface area contributed by atoms with Crippen molar-refractivity contribution in [3.63, 3.8) is 0 Å². The van der Waals surface area contributed by atoms with Crippen molar-refractivity contribution in [1.29, 1.82) is 0 Å². The van der Waals surface area contributed by atoms with Crippen molar-refractivity contribution in [2.24, 2.45) is 0 Å². The van der Waals surface area contributed by atoms with Crippen molar-refractivity contribution >= 4 is 17.5 Å². The lowest BCUT2D eigenvalue weighted by atomic mass is 10.2. The van der Waals surface area contributed by atoms with Crippen molar-refractivity contribution < 1.29 is 0 Å². The standard InChI is InChI=1S/C16H17N5/c1-12-11-18-16(17-2)20-15(12)19-13-6-5-7-14(10-13)21-8-3-4-9-21/h3-11H,1-2H3,(H2,17,18,19,20). The summed E-state index contributed by atoms with van der Waals surface area (Å²) in [6.45, 7) is 1.98. The minimum atomic E-state index is 0.602. The fourth-order valence-corrected chi connectivity index (χ4v) is 2.08. The first-order valence-electron chi connectivity index (χ1n) is 6.78. The molecule has 0 spiro atoms. The van der Waals surface area contributed by atoms with Crippen LogP contribution < -0.4 is 10.6 Å². The summed E-state index contributed by atoms with van der Waals surface area (Å²) in [7, 11) is 1.81. The predicted molar refractivity (Wildman–Crippen MR) is 85.4 cm³/mol. The summed E-state index contributed by atoms with van der Waals surface area (Å²) in [5.74, 6) is 1.41. The van der Waals surface area contributed by atoms with Crippen LogP contribution in [0.4, 0.5) is 17.5 Å². The van der Waals surface area contributed by atoms with Gasteiger partial charge < -0.3 is 15.2 Å². The molecule has 3 rings (SSSR count). The van der Waals surface area contributed by atoms with E-state index in [4.69, 9.17) is 0 Å². The Balaban J connectivity index is 1.90. The quantitative estimate of drug-likeness (QED) is 0.769. The smallest absolute Gasteiger partial charge is 0.224 e. The van der Waals surface area contributed by atoms with Crippen LogP contribution in [0, 0.1) is 6.92 Å². The van der Waals surface area contributed by atoms with Crippen LogP contribution in [0.5, 0.6) is 0 Å². The molecule has 5 heteroatoms. The van der Waals surface area contributed by atoms with Gasteiger partial charge in [0.05, 0.1) is 0 Å². The summed E-state index contributed by atoms with van der Waals surface area (Å²) in [5, 5.41) is 6.29. The van der Waals surface area contributed by atoms with Crippen LogP contribution in [0.15, 0.2) is 55.0 Å². The van der Waals surface area contributed by atoms with Gasteiger partial charge in [-0.1, -0.05) is 6.07 Å². The molecular weight excluding hydrogens is 262 g/mol. The zero-order valence-corrected chi connectivity index (χ0v) is 12.0. The summed E-state index contributed by atoms with van der Waals surface area (Å²) in [4.78, 5) is 8.63. The molecule has 21 heavy (non-hydrogen) atoms. The lowest BCUT2D eigenvalue weighted by Gasteiger charge is -2.11. The molecule has 0 atom stereocenters. The highest BCUT2D eigenvalue weighted by molar-refractivity contribution is 5.62. The van der Waals surface area contributed by atoms with Gasteiger partial charge in [0.25, 0.3) is 0 Å². The molecular formula is C16H17N5. The SMILES string of the molecule is CNc1ncc(C)c(Nc2cccc(-n3cccc3)c2)n1. The van der Waals surface area contributed by atoms with Gasteiger partial charge in [-0.3, -0.25) is 0 Å². The normalized spacial score (nSPS) is 10.4. The zero-order chi connectivity index (χ0) is 14.7. The summed E-state index contributed by atoms with van der Waals surface area (Å²) < 4.78 is 2.07. The molecule has 0 radical (unpaired) electrons. The first kappa shape index (κ1) is 13.2. The molecule has 2 N–H and O–H groups in total. The van der Waals surface area contributed by atoms with E-state index in [1.165, 1.54) is 0 Å². The second kappa shape index (κ2) is 5.66. The monoisotopic (exact) mass is 279 g/mol. The minimum Gasteiger partial charge on any atom is -0.357 e. The third-order valence-electron chi connectivity index (χ3n) is 3.21. The first-order valence-corrected chi connectivity index (χ1v) is 6.78. The highest BCUT2D eigenvalue weighted by Gasteiger charge is 2.04. The third-order valence-corrected chi connectivity index (χ3v) is 3.21.